The van der Waals surface area contributed by atoms with Crippen molar-refractivity contribution in [2.75, 3.05) is 7.11 Å². The Kier molecular flexibility index (Phi) is 4.69. The highest BCUT2D eigenvalue weighted by Crippen LogP contribution is 2.36. The summed E-state index contributed by atoms with van der Waals surface area (Å²) in [4.78, 5) is 11.5. The summed E-state index contributed by atoms with van der Waals surface area (Å²) in [7, 11) is 1.64. The van der Waals surface area contributed by atoms with Crippen LogP contribution in [0.2, 0.25) is 0 Å². The number of H-pyrrole nitrogens is 1. The zero-order valence-electron chi connectivity index (χ0n) is 13.6. The van der Waals surface area contributed by atoms with Crippen LogP contribution in [0.25, 0.3) is 10.9 Å². The lowest BCUT2D eigenvalue weighted by atomic mass is 9.93. The van der Waals surface area contributed by atoms with Gasteiger partial charge in [0.2, 0.25) is 5.91 Å². The number of carbonyl (C=O) groups excluding carboxylic acids is 1. The number of nitrogens with zero attached hydrogens (tertiary/aromatic N) is 1. The van der Waals surface area contributed by atoms with Gasteiger partial charge in [-0.2, -0.15) is 5.10 Å². The number of aromatic nitrogens is 2. The number of hydrogen-bond donors (Lipinski definition) is 2. The van der Waals surface area contributed by atoms with E-state index in [1.807, 2.05) is 19.1 Å². The largest absolute Gasteiger partial charge is 0.492 e. The Morgan fingerprint density at radius 3 is 2.83 bits per heavy atom. The van der Waals surface area contributed by atoms with Gasteiger partial charge in [0.25, 0.3) is 0 Å². The van der Waals surface area contributed by atoms with Gasteiger partial charge in [-0.1, -0.05) is 6.92 Å². The highest BCUT2D eigenvalue weighted by molar-refractivity contribution is 5.87. The number of hydrogen-bond acceptors (Lipinski definition) is 4. The maximum atomic E-state index is 11.5. The van der Waals surface area contributed by atoms with Gasteiger partial charge in [0.1, 0.15) is 0 Å². The third-order valence-electron chi connectivity index (χ3n) is 4.40. The predicted molar refractivity (Wildman–Crippen MR) is 87.8 cm³/mol. The van der Waals surface area contributed by atoms with Crippen molar-refractivity contribution in [1.82, 2.24) is 15.5 Å². The molecule has 6 heteroatoms. The van der Waals surface area contributed by atoms with Gasteiger partial charge in [-0.3, -0.25) is 9.89 Å². The number of ether oxygens (including phenoxy) is 2. The Balaban J connectivity index is 1.63. The smallest absolute Gasteiger partial charge is 0.219 e. The lowest BCUT2D eigenvalue weighted by molar-refractivity contribution is -0.121. The first kappa shape index (κ1) is 15.6. The van der Waals surface area contributed by atoms with E-state index in [9.17, 15) is 4.79 Å². The highest BCUT2D eigenvalue weighted by atomic mass is 16.5. The van der Waals surface area contributed by atoms with Crippen LogP contribution in [0.5, 0.6) is 11.5 Å². The van der Waals surface area contributed by atoms with Crippen molar-refractivity contribution in [3.05, 3.63) is 18.3 Å². The topological polar surface area (TPSA) is 76.2 Å². The molecule has 1 saturated carbocycles. The molecule has 23 heavy (non-hydrogen) atoms. The fraction of sp³-hybridized carbons (Fsp3) is 0.529. The van der Waals surface area contributed by atoms with Gasteiger partial charge in [0.05, 0.1) is 30.3 Å². The number of rotatable bonds is 5. The zero-order valence-corrected chi connectivity index (χ0v) is 13.6. The van der Waals surface area contributed by atoms with E-state index in [0.29, 0.717) is 6.42 Å². The zero-order chi connectivity index (χ0) is 16.2. The average molecular weight is 317 g/mol. The molecule has 1 aromatic carbocycles. The van der Waals surface area contributed by atoms with Gasteiger partial charge in [-0.05, 0) is 37.8 Å². The van der Waals surface area contributed by atoms with Crippen LogP contribution in [0, 0.1) is 0 Å². The van der Waals surface area contributed by atoms with E-state index < -0.39 is 0 Å². The Hall–Kier alpha value is -2.24. The molecule has 3 rings (SSSR count). The molecule has 1 fully saturated rings. The summed E-state index contributed by atoms with van der Waals surface area (Å²) in [5, 5.41) is 11.0. The number of benzene rings is 1. The molecule has 124 valence electrons. The van der Waals surface area contributed by atoms with E-state index in [1.165, 1.54) is 0 Å². The monoisotopic (exact) mass is 317 g/mol. The number of carbonyl (C=O) groups is 1. The number of nitrogens with one attached hydrogen (secondary N) is 2. The van der Waals surface area contributed by atoms with Crippen molar-refractivity contribution in [2.24, 2.45) is 0 Å². The number of methoxy groups -OCH3 is 1. The van der Waals surface area contributed by atoms with Crippen molar-refractivity contribution >= 4 is 16.8 Å². The van der Waals surface area contributed by atoms with Crippen LogP contribution < -0.4 is 14.8 Å². The maximum Gasteiger partial charge on any atom is 0.219 e. The number of fused-ring (bicyclic) bond motifs is 1. The first-order chi connectivity index (χ1) is 11.2. The van der Waals surface area contributed by atoms with E-state index in [1.54, 1.807) is 13.3 Å². The Bertz CT molecular complexity index is 675. The van der Waals surface area contributed by atoms with Gasteiger partial charge in [0, 0.05) is 12.5 Å². The molecule has 0 radical (unpaired) electrons. The summed E-state index contributed by atoms with van der Waals surface area (Å²) in [6.45, 7) is 1.88. The van der Waals surface area contributed by atoms with Crippen LogP contribution in [0.3, 0.4) is 0 Å². The molecule has 1 aromatic heterocycles. The second-order valence-electron chi connectivity index (χ2n) is 5.94. The standard InChI is InChI=1S/C17H23N3O3/c1-3-16(21)19-11-4-6-12(7-5-11)23-15-9-8-14-13(10-18-20-14)17(15)22-2/h8-12H,3-7H2,1-2H3,(H,18,20)(H,19,21). The Morgan fingerprint density at radius 2 is 2.13 bits per heavy atom. The van der Waals surface area contributed by atoms with Crippen LogP contribution in [0.4, 0.5) is 0 Å². The molecule has 0 saturated heterocycles. The lowest BCUT2D eigenvalue weighted by Crippen LogP contribution is -2.39. The summed E-state index contributed by atoms with van der Waals surface area (Å²) >= 11 is 0. The first-order valence-corrected chi connectivity index (χ1v) is 8.17. The van der Waals surface area contributed by atoms with Gasteiger partial charge in [-0.25, -0.2) is 0 Å². The Labute approximate surface area is 135 Å². The minimum Gasteiger partial charge on any atom is -0.492 e. The lowest BCUT2D eigenvalue weighted by Gasteiger charge is -2.29. The molecule has 1 aliphatic carbocycles. The van der Waals surface area contributed by atoms with Crippen molar-refractivity contribution in [3.8, 4) is 11.5 Å². The molecule has 1 aliphatic rings. The Morgan fingerprint density at radius 1 is 1.35 bits per heavy atom. The van der Waals surface area contributed by atoms with Crippen LogP contribution >= 0.6 is 0 Å². The fourth-order valence-corrected chi connectivity index (χ4v) is 3.11. The van der Waals surface area contributed by atoms with Gasteiger partial charge >= 0.3 is 0 Å². The van der Waals surface area contributed by atoms with E-state index in [-0.39, 0.29) is 18.1 Å². The van der Waals surface area contributed by atoms with Crippen LogP contribution in [-0.2, 0) is 4.79 Å². The molecule has 6 nitrogen and oxygen atoms in total. The molecule has 0 bridgehead atoms. The molecule has 0 unspecified atom stereocenters. The third kappa shape index (κ3) is 3.41. The molecule has 1 amide bonds. The fourth-order valence-electron chi connectivity index (χ4n) is 3.11. The minimum atomic E-state index is 0.126. The summed E-state index contributed by atoms with van der Waals surface area (Å²) in [6, 6.07) is 4.15. The van der Waals surface area contributed by atoms with E-state index in [2.05, 4.69) is 15.5 Å². The van der Waals surface area contributed by atoms with Crippen LogP contribution in [0.1, 0.15) is 39.0 Å². The quantitative estimate of drug-likeness (QED) is 0.889. The minimum absolute atomic E-state index is 0.126. The van der Waals surface area contributed by atoms with Crippen LogP contribution in [-0.4, -0.2) is 35.4 Å². The molecular formula is C17H23N3O3. The third-order valence-corrected chi connectivity index (χ3v) is 4.40. The van der Waals surface area contributed by atoms with Crippen molar-refractivity contribution in [3.63, 3.8) is 0 Å². The van der Waals surface area contributed by atoms with E-state index >= 15 is 0 Å². The molecule has 0 spiro atoms. The molecule has 0 atom stereocenters. The summed E-state index contributed by atoms with van der Waals surface area (Å²) < 4.78 is 11.7. The predicted octanol–water partition coefficient (Wildman–Crippen LogP) is 2.79. The second kappa shape index (κ2) is 6.89. The van der Waals surface area contributed by atoms with Gasteiger partial charge < -0.3 is 14.8 Å². The van der Waals surface area contributed by atoms with Gasteiger partial charge in [0.15, 0.2) is 11.5 Å². The normalized spacial score (nSPS) is 21.1. The molecular weight excluding hydrogens is 294 g/mol. The molecule has 2 N–H and O–H groups in total. The van der Waals surface area contributed by atoms with Crippen LogP contribution in [0.15, 0.2) is 18.3 Å². The van der Waals surface area contributed by atoms with Crippen molar-refractivity contribution < 1.29 is 14.3 Å². The number of amides is 1. The molecule has 2 aromatic rings. The average Bonchev–Trinajstić information content (AvgIpc) is 3.05. The van der Waals surface area contributed by atoms with E-state index in [4.69, 9.17) is 9.47 Å². The first-order valence-electron chi connectivity index (χ1n) is 8.17. The van der Waals surface area contributed by atoms with Crippen molar-refractivity contribution in [2.45, 2.75) is 51.2 Å². The summed E-state index contributed by atoms with van der Waals surface area (Å²) in [6.07, 6.45) is 6.21. The molecule has 0 aliphatic heterocycles. The van der Waals surface area contributed by atoms with Gasteiger partial charge in [-0.15, -0.1) is 0 Å². The summed E-state index contributed by atoms with van der Waals surface area (Å²) in [5.74, 6) is 1.60. The second-order valence-corrected chi connectivity index (χ2v) is 5.94. The molecule has 1 heterocycles. The maximum absolute atomic E-state index is 11.5. The highest BCUT2D eigenvalue weighted by Gasteiger charge is 2.24. The van der Waals surface area contributed by atoms with E-state index in [0.717, 1.165) is 48.1 Å². The number of aromatic amines is 1. The van der Waals surface area contributed by atoms with Crippen molar-refractivity contribution in [1.29, 1.82) is 0 Å². The summed E-state index contributed by atoms with van der Waals surface area (Å²) in [5.41, 5.74) is 0.931. The SMILES string of the molecule is CCC(=O)NC1CCC(Oc2ccc3[nH]ncc3c2OC)CC1.